The first-order valence-corrected chi connectivity index (χ1v) is 19.0. The van der Waals surface area contributed by atoms with Gasteiger partial charge in [-0.3, -0.25) is 0 Å². The van der Waals surface area contributed by atoms with Crippen LogP contribution < -0.4 is 10.9 Å². The molecule has 2 heterocycles. The van der Waals surface area contributed by atoms with Gasteiger partial charge in [0.15, 0.2) is 17.5 Å². The molecule has 0 amide bonds. The van der Waals surface area contributed by atoms with Crippen LogP contribution in [-0.4, -0.2) is 56.5 Å². The van der Waals surface area contributed by atoms with Gasteiger partial charge in [-0.05, 0) is 88.6 Å². The van der Waals surface area contributed by atoms with Gasteiger partial charge in [0.1, 0.15) is 0 Å². The third kappa shape index (κ3) is 8.07. The molecule has 0 radical (unpaired) electrons. The Hall–Kier alpha value is -4.92. The van der Waals surface area contributed by atoms with Crippen molar-refractivity contribution in [2.24, 2.45) is 0 Å². The van der Waals surface area contributed by atoms with E-state index < -0.39 is 36.4 Å². The molecule has 1 N–H and O–H groups in total. The predicted octanol–water partition coefficient (Wildman–Crippen LogP) is 8.90. The largest absolute Gasteiger partial charge is 0.494 e. The minimum absolute atomic E-state index is 0.403. The summed E-state index contributed by atoms with van der Waals surface area (Å²) in [6.45, 7) is 17.1. The molecule has 55 heavy (non-hydrogen) atoms. The van der Waals surface area contributed by atoms with Crippen LogP contribution in [0.5, 0.6) is 0 Å². The average molecular weight is 730 g/mol. The molecule has 7 rings (SSSR count). The van der Waals surface area contributed by atoms with Gasteiger partial charge >= 0.3 is 14.0 Å². The molecule has 0 unspecified atom stereocenters. The SMILES string of the molecule is CB(OC(C)(C)C(C)(C)O)c1cc(B2OC(C)(C)C(C)(C)O2)cc(-c2nc(-c3ccc(-c4ccccc4)cc3)nc(-c3ccc(-c4ccccc4)cc3)n2)c1. The van der Waals surface area contributed by atoms with Crippen LogP contribution in [0.25, 0.3) is 56.4 Å². The summed E-state index contributed by atoms with van der Waals surface area (Å²) in [5.41, 5.74) is 5.70. The standard InChI is InChI=1S/C46H49B2N3O4/c1-43(2,52)44(3,4)53-47(9)38-28-37(29-39(30-38)48-54-45(5,6)46(7,8)55-48)42-50-40(35-24-20-33(21-25-35)31-16-12-10-13-17-31)49-41(51-42)36-26-22-34(23-27-36)32-18-14-11-15-19-32/h10-30,52H,1-9H3. The summed E-state index contributed by atoms with van der Waals surface area (Å²) < 4.78 is 19.7. The van der Waals surface area contributed by atoms with Crippen molar-refractivity contribution >= 4 is 25.0 Å². The third-order valence-electron chi connectivity index (χ3n) is 11.3. The van der Waals surface area contributed by atoms with Crippen molar-refractivity contribution in [1.82, 2.24) is 15.0 Å². The van der Waals surface area contributed by atoms with Gasteiger partial charge in [0.25, 0.3) is 0 Å². The molecule has 0 saturated carbocycles. The summed E-state index contributed by atoms with van der Waals surface area (Å²) in [6.07, 6.45) is 0. The van der Waals surface area contributed by atoms with E-state index in [1.807, 2.05) is 90.8 Å². The highest BCUT2D eigenvalue weighted by Crippen LogP contribution is 2.37. The van der Waals surface area contributed by atoms with Crippen molar-refractivity contribution < 1.29 is 19.1 Å². The zero-order valence-electron chi connectivity index (χ0n) is 33.3. The second-order valence-corrected chi connectivity index (χ2v) is 16.5. The van der Waals surface area contributed by atoms with Gasteiger partial charge < -0.3 is 19.1 Å². The summed E-state index contributed by atoms with van der Waals surface area (Å²) >= 11 is 0. The van der Waals surface area contributed by atoms with Crippen LogP contribution in [-0.2, 0) is 14.0 Å². The minimum atomic E-state index is -1.09. The maximum Gasteiger partial charge on any atom is 0.494 e. The van der Waals surface area contributed by atoms with Gasteiger partial charge in [-0.2, -0.15) is 0 Å². The van der Waals surface area contributed by atoms with Crippen LogP contribution in [0, 0.1) is 0 Å². The third-order valence-corrected chi connectivity index (χ3v) is 11.3. The maximum atomic E-state index is 11.0. The van der Waals surface area contributed by atoms with Gasteiger partial charge in [0.2, 0.25) is 0 Å². The molecular weight excluding hydrogens is 680 g/mol. The second kappa shape index (κ2) is 14.6. The number of rotatable bonds is 10. The highest BCUT2D eigenvalue weighted by molar-refractivity contribution is 6.68. The van der Waals surface area contributed by atoms with E-state index in [-0.39, 0.29) is 0 Å². The topological polar surface area (TPSA) is 86.6 Å². The van der Waals surface area contributed by atoms with E-state index in [1.54, 1.807) is 13.8 Å². The summed E-state index contributed by atoms with van der Waals surface area (Å²) in [6, 6.07) is 43.4. The Kier molecular flexibility index (Phi) is 10.2. The van der Waals surface area contributed by atoms with Gasteiger partial charge in [-0.15, -0.1) is 0 Å². The van der Waals surface area contributed by atoms with E-state index in [0.717, 1.165) is 49.9 Å². The number of hydrogen-bond donors (Lipinski definition) is 1. The molecule has 1 aliphatic heterocycles. The highest BCUT2D eigenvalue weighted by atomic mass is 16.7. The molecule has 1 aromatic heterocycles. The fourth-order valence-electron chi connectivity index (χ4n) is 6.46. The van der Waals surface area contributed by atoms with Crippen LogP contribution in [0.4, 0.5) is 0 Å². The molecule has 278 valence electrons. The van der Waals surface area contributed by atoms with E-state index in [1.165, 1.54) is 0 Å². The van der Waals surface area contributed by atoms with Crippen LogP contribution in [0.2, 0.25) is 6.82 Å². The highest BCUT2D eigenvalue weighted by Gasteiger charge is 2.52. The number of aliphatic hydroxyl groups is 1. The van der Waals surface area contributed by atoms with Gasteiger partial charge in [0.05, 0.1) is 22.4 Å². The van der Waals surface area contributed by atoms with Gasteiger partial charge in [-0.25, -0.2) is 15.0 Å². The first kappa shape index (κ1) is 38.4. The van der Waals surface area contributed by atoms with Crippen LogP contribution in [0.15, 0.2) is 127 Å². The zero-order valence-corrected chi connectivity index (χ0v) is 33.3. The molecular formula is C46H49B2N3O4. The van der Waals surface area contributed by atoms with Crippen molar-refractivity contribution in [1.29, 1.82) is 0 Å². The molecule has 0 aliphatic carbocycles. The summed E-state index contributed by atoms with van der Waals surface area (Å²) in [5.74, 6) is 1.62. The van der Waals surface area contributed by atoms with Crippen molar-refractivity contribution in [3.05, 3.63) is 127 Å². The quantitative estimate of drug-likeness (QED) is 0.141. The summed E-state index contributed by atoms with van der Waals surface area (Å²) in [5, 5.41) is 11.0. The van der Waals surface area contributed by atoms with E-state index in [0.29, 0.717) is 17.5 Å². The monoisotopic (exact) mass is 729 g/mol. The number of benzene rings is 5. The lowest BCUT2D eigenvalue weighted by molar-refractivity contribution is -0.0918. The Morgan fingerprint density at radius 2 is 0.927 bits per heavy atom. The molecule has 1 aliphatic rings. The lowest BCUT2D eigenvalue weighted by Gasteiger charge is -2.39. The molecule has 1 fully saturated rings. The first-order valence-electron chi connectivity index (χ1n) is 19.0. The predicted molar refractivity (Wildman–Crippen MR) is 225 cm³/mol. The van der Waals surface area contributed by atoms with E-state index >= 15 is 0 Å². The number of nitrogens with zero attached hydrogens (tertiary/aromatic N) is 3. The van der Waals surface area contributed by atoms with Gasteiger partial charge in [-0.1, -0.05) is 134 Å². The molecule has 0 bridgehead atoms. The fourth-order valence-corrected chi connectivity index (χ4v) is 6.46. The maximum absolute atomic E-state index is 11.0. The number of aromatic nitrogens is 3. The summed E-state index contributed by atoms with van der Waals surface area (Å²) in [4.78, 5) is 15.3. The first-order chi connectivity index (χ1) is 26.0. The Labute approximate surface area is 326 Å². The Balaban J connectivity index is 1.36. The van der Waals surface area contributed by atoms with Crippen molar-refractivity contribution in [3.8, 4) is 56.4 Å². The van der Waals surface area contributed by atoms with Crippen molar-refractivity contribution in [2.75, 3.05) is 0 Å². The van der Waals surface area contributed by atoms with Crippen LogP contribution in [0.1, 0.15) is 55.4 Å². The second-order valence-electron chi connectivity index (χ2n) is 16.5. The van der Waals surface area contributed by atoms with Crippen molar-refractivity contribution in [3.63, 3.8) is 0 Å². The number of hydrogen-bond acceptors (Lipinski definition) is 7. The smallest absolute Gasteiger partial charge is 0.423 e. The molecule has 5 aromatic carbocycles. The zero-order chi connectivity index (χ0) is 39.2. The van der Waals surface area contributed by atoms with Crippen LogP contribution in [0.3, 0.4) is 0 Å². The molecule has 9 heteroatoms. The average Bonchev–Trinajstić information content (AvgIpc) is 3.40. The fraction of sp³-hybridized carbons (Fsp3) is 0.283. The Morgan fingerprint density at radius 1 is 0.545 bits per heavy atom. The molecule has 7 nitrogen and oxygen atoms in total. The van der Waals surface area contributed by atoms with E-state index in [2.05, 4.69) is 84.9 Å². The molecule has 0 atom stereocenters. The van der Waals surface area contributed by atoms with Gasteiger partial charge in [0, 0.05) is 16.7 Å². The lowest BCUT2D eigenvalue weighted by Crippen LogP contribution is -2.52. The van der Waals surface area contributed by atoms with E-state index in [4.69, 9.17) is 28.9 Å². The van der Waals surface area contributed by atoms with E-state index in [9.17, 15) is 5.11 Å². The molecule has 0 spiro atoms. The van der Waals surface area contributed by atoms with Crippen LogP contribution >= 0.6 is 0 Å². The minimum Gasteiger partial charge on any atom is -0.423 e. The van der Waals surface area contributed by atoms with Crippen molar-refractivity contribution in [2.45, 2.75) is 84.6 Å². The normalized spacial score (nSPS) is 15.3. The lowest BCUT2D eigenvalue weighted by atomic mass is 9.60. The molecule has 1 saturated heterocycles. The molecule has 6 aromatic rings. The Morgan fingerprint density at radius 3 is 1.35 bits per heavy atom. The Bertz CT molecular complexity index is 2160. The summed E-state index contributed by atoms with van der Waals surface area (Å²) in [7, 11) is -0.630.